The van der Waals surface area contributed by atoms with Gasteiger partial charge in [0.25, 0.3) is 5.91 Å². The van der Waals surface area contributed by atoms with E-state index in [9.17, 15) is 22.8 Å². The number of amides is 1. The highest BCUT2D eigenvalue weighted by Gasteiger charge is 2.31. The first-order valence-corrected chi connectivity index (χ1v) is 11.2. The Morgan fingerprint density at radius 1 is 0.973 bits per heavy atom. The number of carboxylic acids is 1. The van der Waals surface area contributed by atoms with Gasteiger partial charge in [0.2, 0.25) is 0 Å². The molecule has 3 aromatic carbocycles. The van der Waals surface area contributed by atoms with Gasteiger partial charge in [0.15, 0.2) is 0 Å². The van der Waals surface area contributed by atoms with Gasteiger partial charge < -0.3 is 24.5 Å². The largest absolute Gasteiger partial charge is 0.573 e. The minimum absolute atomic E-state index is 0.0188. The Morgan fingerprint density at radius 2 is 1.70 bits per heavy atom. The van der Waals surface area contributed by atoms with Crippen molar-refractivity contribution in [1.29, 1.82) is 0 Å². The van der Waals surface area contributed by atoms with E-state index < -0.39 is 18.2 Å². The van der Waals surface area contributed by atoms with E-state index in [1.165, 1.54) is 24.3 Å². The number of fused-ring (bicyclic) bond motifs is 1. The Bertz CT molecular complexity index is 1390. The van der Waals surface area contributed by atoms with E-state index in [4.69, 9.17) is 9.84 Å². The lowest BCUT2D eigenvalue weighted by molar-refractivity contribution is -0.274. The van der Waals surface area contributed by atoms with Crippen molar-refractivity contribution in [2.24, 2.45) is 0 Å². The van der Waals surface area contributed by atoms with E-state index in [1.54, 1.807) is 18.2 Å². The molecule has 2 N–H and O–H groups in total. The third-order valence-electron chi connectivity index (χ3n) is 5.31. The topological polar surface area (TPSA) is 103 Å². The monoisotopic (exact) mass is 513 g/mol. The van der Waals surface area contributed by atoms with Crippen LogP contribution in [0.4, 0.5) is 13.2 Å². The van der Waals surface area contributed by atoms with Gasteiger partial charge in [0, 0.05) is 17.7 Å². The van der Waals surface area contributed by atoms with Crippen LogP contribution < -0.4 is 14.8 Å². The van der Waals surface area contributed by atoms with Gasteiger partial charge in [-0.1, -0.05) is 18.2 Å². The SMILES string of the molecule is O=C(O)CCNC(=O)c1ccc2c(c1)nc(-c1ccc(OC(F)(F)F)cc1)n2CCOc1ccccc1. The highest BCUT2D eigenvalue weighted by atomic mass is 19.4. The fourth-order valence-electron chi connectivity index (χ4n) is 3.68. The van der Waals surface area contributed by atoms with Gasteiger partial charge in [-0.25, -0.2) is 4.98 Å². The predicted molar refractivity (Wildman–Crippen MR) is 128 cm³/mol. The van der Waals surface area contributed by atoms with Crippen molar-refractivity contribution in [3.8, 4) is 22.9 Å². The first kappa shape index (κ1) is 25.5. The molecule has 1 amide bonds. The van der Waals surface area contributed by atoms with Crippen molar-refractivity contribution in [3.63, 3.8) is 0 Å². The fraction of sp³-hybridized carbons (Fsp3) is 0.192. The van der Waals surface area contributed by atoms with Crippen LogP contribution >= 0.6 is 0 Å². The number of ether oxygens (including phenoxy) is 2. The van der Waals surface area contributed by atoms with Gasteiger partial charge in [-0.3, -0.25) is 9.59 Å². The van der Waals surface area contributed by atoms with Gasteiger partial charge in [-0.15, -0.1) is 13.2 Å². The first-order chi connectivity index (χ1) is 17.7. The molecule has 0 saturated carbocycles. The maximum absolute atomic E-state index is 12.6. The molecular formula is C26H22F3N3O5. The van der Waals surface area contributed by atoms with Crippen molar-refractivity contribution in [1.82, 2.24) is 14.9 Å². The summed E-state index contributed by atoms with van der Waals surface area (Å²) in [6, 6.07) is 19.4. The van der Waals surface area contributed by atoms with Gasteiger partial charge in [-0.05, 0) is 54.6 Å². The molecule has 0 aliphatic carbocycles. The van der Waals surface area contributed by atoms with Crippen molar-refractivity contribution >= 4 is 22.9 Å². The standard InChI is InChI=1S/C26H22F3N3O5/c27-26(28,29)37-20-9-6-17(7-10-20)24-31-21-16-18(25(35)30-13-12-23(33)34)8-11-22(21)32(24)14-15-36-19-4-2-1-3-5-19/h1-11,16H,12-15H2,(H,30,35)(H,33,34). The Morgan fingerprint density at radius 3 is 2.38 bits per heavy atom. The molecule has 0 saturated heterocycles. The summed E-state index contributed by atoms with van der Waals surface area (Å²) in [6.07, 6.45) is -5.01. The van der Waals surface area contributed by atoms with Crippen LogP contribution in [0.2, 0.25) is 0 Å². The number of aromatic nitrogens is 2. The molecular weight excluding hydrogens is 491 g/mol. The summed E-state index contributed by atoms with van der Waals surface area (Å²) in [5.74, 6) is -0.674. The number of carbonyl (C=O) groups excluding carboxylic acids is 1. The number of benzene rings is 3. The van der Waals surface area contributed by atoms with E-state index in [0.29, 0.717) is 40.3 Å². The maximum atomic E-state index is 12.6. The summed E-state index contributed by atoms with van der Waals surface area (Å²) in [5, 5.41) is 11.3. The molecule has 4 rings (SSSR count). The van der Waals surface area contributed by atoms with Crippen molar-refractivity contribution < 1.29 is 37.3 Å². The van der Waals surface area contributed by atoms with Crippen LogP contribution in [-0.2, 0) is 11.3 Å². The van der Waals surface area contributed by atoms with Gasteiger partial charge in [0.1, 0.15) is 23.9 Å². The number of hydrogen-bond acceptors (Lipinski definition) is 5. The molecule has 1 aromatic heterocycles. The molecule has 4 aromatic rings. The van der Waals surface area contributed by atoms with Crippen molar-refractivity contribution in [3.05, 3.63) is 78.4 Å². The second-order valence-electron chi connectivity index (χ2n) is 7.92. The maximum Gasteiger partial charge on any atom is 0.573 e. The van der Waals surface area contributed by atoms with Crippen molar-refractivity contribution in [2.45, 2.75) is 19.3 Å². The summed E-state index contributed by atoms with van der Waals surface area (Å²) in [4.78, 5) is 27.8. The van der Waals surface area contributed by atoms with Crippen LogP contribution in [-0.4, -0.2) is 46.0 Å². The molecule has 0 radical (unpaired) electrons. The lowest BCUT2D eigenvalue weighted by atomic mass is 10.2. The molecule has 0 unspecified atom stereocenters. The number of imidazole rings is 1. The number of nitrogens with one attached hydrogen (secondary N) is 1. The van der Waals surface area contributed by atoms with Crippen LogP contribution in [0.25, 0.3) is 22.4 Å². The minimum Gasteiger partial charge on any atom is -0.492 e. The lowest BCUT2D eigenvalue weighted by Crippen LogP contribution is -2.25. The summed E-state index contributed by atoms with van der Waals surface area (Å²) in [7, 11) is 0. The molecule has 192 valence electrons. The zero-order valence-electron chi connectivity index (χ0n) is 19.4. The Kier molecular flexibility index (Phi) is 7.61. The number of rotatable bonds is 10. The Hall–Kier alpha value is -4.54. The smallest absolute Gasteiger partial charge is 0.492 e. The van der Waals surface area contributed by atoms with Gasteiger partial charge >= 0.3 is 12.3 Å². The number of halogens is 3. The van der Waals surface area contributed by atoms with E-state index >= 15 is 0 Å². The Labute approximate surface area is 209 Å². The number of hydrogen-bond donors (Lipinski definition) is 2. The van der Waals surface area contributed by atoms with E-state index in [2.05, 4.69) is 15.0 Å². The number of alkyl halides is 3. The minimum atomic E-state index is -4.80. The molecule has 0 atom stereocenters. The first-order valence-electron chi connectivity index (χ1n) is 11.2. The summed E-state index contributed by atoms with van der Waals surface area (Å²) < 4.78 is 49.3. The average Bonchev–Trinajstić information content (AvgIpc) is 3.21. The van der Waals surface area contributed by atoms with Crippen LogP contribution in [0.5, 0.6) is 11.5 Å². The number of nitrogens with zero attached hydrogens (tertiary/aromatic N) is 2. The summed E-state index contributed by atoms with van der Waals surface area (Å²) >= 11 is 0. The third kappa shape index (κ3) is 6.78. The zero-order chi connectivity index (χ0) is 26.4. The quantitative estimate of drug-likeness (QED) is 0.313. The number of carbonyl (C=O) groups is 2. The van der Waals surface area contributed by atoms with Crippen LogP contribution in [0.3, 0.4) is 0 Å². The van der Waals surface area contributed by atoms with Crippen LogP contribution in [0, 0.1) is 0 Å². The second kappa shape index (κ2) is 11.0. The molecule has 0 aliphatic rings. The fourth-order valence-corrected chi connectivity index (χ4v) is 3.68. The molecule has 0 spiro atoms. The lowest BCUT2D eigenvalue weighted by Gasteiger charge is -2.12. The molecule has 1 heterocycles. The molecule has 37 heavy (non-hydrogen) atoms. The molecule has 8 nitrogen and oxygen atoms in total. The average molecular weight is 513 g/mol. The predicted octanol–water partition coefficient (Wildman–Crippen LogP) is 4.89. The third-order valence-corrected chi connectivity index (χ3v) is 5.31. The second-order valence-corrected chi connectivity index (χ2v) is 7.92. The van der Waals surface area contributed by atoms with E-state index in [-0.39, 0.29) is 25.3 Å². The Balaban J connectivity index is 1.63. The van der Waals surface area contributed by atoms with Crippen LogP contribution in [0.1, 0.15) is 16.8 Å². The summed E-state index contributed by atoms with van der Waals surface area (Å²) in [5.41, 5.74) is 2.00. The molecule has 11 heteroatoms. The summed E-state index contributed by atoms with van der Waals surface area (Å²) in [6.45, 7) is 0.635. The highest BCUT2D eigenvalue weighted by Crippen LogP contribution is 2.29. The number of carboxylic acid groups (broad SMARTS) is 1. The van der Waals surface area contributed by atoms with E-state index in [0.717, 1.165) is 0 Å². The highest BCUT2D eigenvalue weighted by molar-refractivity contribution is 5.98. The van der Waals surface area contributed by atoms with Crippen molar-refractivity contribution in [2.75, 3.05) is 13.2 Å². The van der Waals surface area contributed by atoms with Gasteiger partial charge in [0.05, 0.1) is 24.0 Å². The number of aliphatic carboxylic acids is 1. The zero-order valence-corrected chi connectivity index (χ0v) is 19.4. The van der Waals surface area contributed by atoms with Gasteiger partial charge in [-0.2, -0.15) is 0 Å². The normalized spacial score (nSPS) is 11.3. The van der Waals surface area contributed by atoms with E-state index in [1.807, 2.05) is 34.9 Å². The molecule has 0 aliphatic heterocycles. The molecule has 0 fully saturated rings. The molecule has 0 bridgehead atoms. The van der Waals surface area contributed by atoms with Crippen LogP contribution in [0.15, 0.2) is 72.8 Å². The number of para-hydroxylation sites is 1.